The molecule has 0 spiro atoms. The van der Waals surface area contributed by atoms with Gasteiger partial charge < -0.3 is 10.1 Å². The Labute approximate surface area is 115 Å². The Kier molecular flexibility index (Phi) is 3.92. The molecule has 1 N–H and O–H groups in total. The summed E-state index contributed by atoms with van der Waals surface area (Å²) in [7, 11) is 0. The molecule has 3 nitrogen and oxygen atoms in total. The molecule has 2 heterocycles. The fourth-order valence-electron chi connectivity index (χ4n) is 3.22. The molecule has 2 aliphatic rings. The predicted octanol–water partition coefficient (Wildman–Crippen LogP) is 2.91. The molecular weight excluding hydrogens is 236 g/mol. The number of likely N-dealkylation sites (tertiary alicyclic amines) is 1. The Morgan fingerprint density at radius 1 is 1.37 bits per heavy atom. The average molecular weight is 260 g/mol. The summed E-state index contributed by atoms with van der Waals surface area (Å²) in [5, 5.41) is 3.46. The van der Waals surface area contributed by atoms with Crippen molar-refractivity contribution in [1.29, 1.82) is 0 Å². The maximum Gasteiger partial charge on any atom is 0.121 e. The number of benzene rings is 1. The summed E-state index contributed by atoms with van der Waals surface area (Å²) in [5.41, 5.74) is 2.69. The molecule has 0 saturated carbocycles. The lowest BCUT2D eigenvalue weighted by Crippen LogP contribution is -2.33. The van der Waals surface area contributed by atoms with E-state index in [1.807, 2.05) is 0 Å². The number of hydrogen-bond acceptors (Lipinski definition) is 3. The second kappa shape index (κ2) is 5.83. The third-order valence-corrected chi connectivity index (χ3v) is 4.37. The van der Waals surface area contributed by atoms with E-state index in [1.54, 1.807) is 0 Å². The summed E-state index contributed by atoms with van der Waals surface area (Å²) in [4.78, 5) is 2.52. The van der Waals surface area contributed by atoms with Gasteiger partial charge in [-0.2, -0.15) is 0 Å². The van der Waals surface area contributed by atoms with E-state index >= 15 is 0 Å². The zero-order chi connectivity index (χ0) is 13.1. The van der Waals surface area contributed by atoms with E-state index < -0.39 is 0 Å². The summed E-state index contributed by atoms with van der Waals surface area (Å²) in [6.07, 6.45) is 5.01. The van der Waals surface area contributed by atoms with Crippen LogP contribution in [-0.2, 0) is 6.42 Å². The molecule has 19 heavy (non-hydrogen) atoms. The lowest BCUT2D eigenvalue weighted by molar-refractivity contribution is 0.179. The standard InChI is InChI=1S/C16H24N2O/c1-2-18-10-4-6-14(18)12-19-15-8-7-13-5-3-9-17-16(13)11-15/h7-8,11,14,17H,2-6,9-10,12H2,1H3. The van der Waals surface area contributed by atoms with Gasteiger partial charge in [0.25, 0.3) is 0 Å². The molecule has 0 bridgehead atoms. The minimum Gasteiger partial charge on any atom is -0.492 e. The number of aryl methyl sites for hydroxylation is 1. The van der Waals surface area contributed by atoms with Crippen LogP contribution in [0, 0.1) is 0 Å². The van der Waals surface area contributed by atoms with Gasteiger partial charge in [0.05, 0.1) is 0 Å². The summed E-state index contributed by atoms with van der Waals surface area (Å²) in [5.74, 6) is 1.01. The molecule has 0 radical (unpaired) electrons. The minimum absolute atomic E-state index is 0.606. The van der Waals surface area contributed by atoms with Crippen LogP contribution in [0.3, 0.4) is 0 Å². The van der Waals surface area contributed by atoms with Gasteiger partial charge in [-0.25, -0.2) is 0 Å². The van der Waals surface area contributed by atoms with E-state index in [0.29, 0.717) is 6.04 Å². The van der Waals surface area contributed by atoms with Gasteiger partial charge in [0.1, 0.15) is 12.4 Å². The molecule has 104 valence electrons. The normalized spacial score (nSPS) is 22.9. The number of hydrogen-bond donors (Lipinski definition) is 1. The lowest BCUT2D eigenvalue weighted by atomic mass is 10.0. The van der Waals surface area contributed by atoms with Crippen LogP contribution in [0.1, 0.15) is 31.7 Å². The zero-order valence-electron chi connectivity index (χ0n) is 11.8. The quantitative estimate of drug-likeness (QED) is 0.901. The van der Waals surface area contributed by atoms with Crippen molar-refractivity contribution < 1.29 is 4.74 Å². The van der Waals surface area contributed by atoms with Crippen molar-refractivity contribution in [2.45, 2.75) is 38.6 Å². The monoisotopic (exact) mass is 260 g/mol. The van der Waals surface area contributed by atoms with Crippen LogP contribution in [0.2, 0.25) is 0 Å². The lowest BCUT2D eigenvalue weighted by Gasteiger charge is -2.23. The van der Waals surface area contributed by atoms with Crippen molar-refractivity contribution in [3.8, 4) is 5.75 Å². The number of likely N-dealkylation sites (N-methyl/N-ethyl adjacent to an activating group) is 1. The highest BCUT2D eigenvalue weighted by Crippen LogP contribution is 2.27. The van der Waals surface area contributed by atoms with Crippen molar-refractivity contribution in [3.05, 3.63) is 23.8 Å². The minimum atomic E-state index is 0.606. The molecule has 1 aromatic carbocycles. The number of rotatable bonds is 4. The molecule has 1 atom stereocenters. The fraction of sp³-hybridized carbons (Fsp3) is 0.625. The number of nitrogens with one attached hydrogen (secondary N) is 1. The van der Waals surface area contributed by atoms with Crippen molar-refractivity contribution in [1.82, 2.24) is 4.90 Å². The SMILES string of the molecule is CCN1CCCC1COc1ccc2c(c1)NCCC2. The Bertz CT molecular complexity index is 433. The Morgan fingerprint density at radius 3 is 3.21 bits per heavy atom. The first-order valence-electron chi connectivity index (χ1n) is 7.60. The number of ether oxygens (including phenoxy) is 1. The van der Waals surface area contributed by atoms with Crippen LogP contribution in [0.4, 0.5) is 5.69 Å². The third kappa shape index (κ3) is 2.86. The molecule has 3 heteroatoms. The van der Waals surface area contributed by atoms with Crippen molar-refractivity contribution in [3.63, 3.8) is 0 Å². The van der Waals surface area contributed by atoms with E-state index in [-0.39, 0.29) is 0 Å². The van der Waals surface area contributed by atoms with Gasteiger partial charge in [0.15, 0.2) is 0 Å². The largest absolute Gasteiger partial charge is 0.492 e. The van der Waals surface area contributed by atoms with Crippen molar-refractivity contribution >= 4 is 5.69 Å². The molecule has 1 saturated heterocycles. The summed E-state index contributed by atoms with van der Waals surface area (Å²) in [6, 6.07) is 7.11. The molecule has 1 fully saturated rings. The molecule has 0 aliphatic carbocycles. The maximum absolute atomic E-state index is 6.01. The van der Waals surface area contributed by atoms with E-state index in [2.05, 4.69) is 35.3 Å². The Balaban J connectivity index is 1.60. The topological polar surface area (TPSA) is 24.5 Å². The highest BCUT2D eigenvalue weighted by atomic mass is 16.5. The first-order chi connectivity index (χ1) is 9.36. The van der Waals surface area contributed by atoms with Gasteiger partial charge in [-0.15, -0.1) is 0 Å². The molecule has 0 aromatic heterocycles. The van der Waals surface area contributed by atoms with Gasteiger partial charge >= 0.3 is 0 Å². The first kappa shape index (κ1) is 12.8. The molecule has 0 amide bonds. The van der Waals surface area contributed by atoms with E-state index in [0.717, 1.165) is 25.4 Å². The highest BCUT2D eigenvalue weighted by Gasteiger charge is 2.23. The molecular formula is C16H24N2O. The smallest absolute Gasteiger partial charge is 0.121 e. The number of anilines is 1. The maximum atomic E-state index is 6.01. The predicted molar refractivity (Wildman–Crippen MR) is 79.0 cm³/mol. The van der Waals surface area contributed by atoms with Crippen LogP contribution < -0.4 is 10.1 Å². The van der Waals surface area contributed by atoms with Gasteiger partial charge in [-0.1, -0.05) is 13.0 Å². The van der Waals surface area contributed by atoms with Crippen LogP contribution in [0.5, 0.6) is 5.75 Å². The average Bonchev–Trinajstić information content (AvgIpc) is 2.92. The van der Waals surface area contributed by atoms with Crippen LogP contribution >= 0.6 is 0 Å². The van der Waals surface area contributed by atoms with Gasteiger partial charge in [-0.3, -0.25) is 4.90 Å². The first-order valence-corrected chi connectivity index (χ1v) is 7.60. The van der Waals surface area contributed by atoms with Gasteiger partial charge in [-0.05, 0) is 50.4 Å². The molecule has 3 rings (SSSR count). The Hall–Kier alpha value is -1.22. The zero-order valence-corrected chi connectivity index (χ0v) is 11.8. The molecule has 2 aliphatic heterocycles. The highest BCUT2D eigenvalue weighted by molar-refractivity contribution is 5.56. The fourth-order valence-corrected chi connectivity index (χ4v) is 3.22. The Morgan fingerprint density at radius 2 is 2.32 bits per heavy atom. The second-order valence-electron chi connectivity index (χ2n) is 5.58. The van der Waals surface area contributed by atoms with Crippen molar-refractivity contribution in [2.75, 3.05) is 31.6 Å². The summed E-state index contributed by atoms with van der Waals surface area (Å²) >= 11 is 0. The second-order valence-corrected chi connectivity index (χ2v) is 5.58. The van der Waals surface area contributed by atoms with Crippen molar-refractivity contribution in [2.24, 2.45) is 0 Å². The molecule has 1 aromatic rings. The number of fused-ring (bicyclic) bond motifs is 1. The summed E-state index contributed by atoms with van der Waals surface area (Å²) < 4.78 is 6.01. The van der Waals surface area contributed by atoms with Crippen LogP contribution in [-0.4, -0.2) is 37.2 Å². The van der Waals surface area contributed by atoms with E-state index in [1.165, 1.54) is 43.5 Å². The van der Waals surface area contributed by atoms with Crippen LogP contribution in [0.15, 0.2) is 18.2 Å². The van der Waals surface area contributed by atoms with E-state index in [9.17, 15) is 0 Å². The van der Waals surface area contributed by atoms with Crippen LogP contribution in [0.25, 0.3) is 0 Å². The molecule has 1 unspecified atom stereocenters. The van der Waals surface area contributed by atoms with Gasteiger partial charge in [0, 0.05) is 24.3 Å². The third-order valence-electron chi connectivity index (χ3n) is 4.37. The van der Waals surface area contributed by atoms with Gasteiger partial charge in [0.2, 0.25) is 0 Å². The van der Waals surface area contributed by atoms with E-state index in [4.69, 9.17) is 4.74 Å². The number of nitrogens with zero attached hydrogens (tertiary/aromatic N) is 1. The summed E-state index contributed by atoms with van der Waals surface area (Å²) in [6.45, 7) is 6.52.